The zero-order valence-electron chi connectivity index (χ0n) is 11.4. The summed E-state index contributed by atoms with van der Waals surface area (Å²) >= 11 is 0. The van der Waals surface area contributed by atoms with Gasteiger partial charge in [-0.25, -0.2) is 0 Å². The number of nitrogens with zero attached hydrogens (tertiary/aromatic N) is 3. The number of aromatic nitrogens is 2. The number of primary amides is 1. The molecule has 0 aromatic carbocycles. The maximum atomic E-state index is 11.0. The molecule has 0 unspecified atom stereocenters. The Morgan fingerprint density at radius 1 is 1.14 bits per heavy atom. The van der Waals surface area contributed by atoms with Gasteiger partial charge >= 0.3 is 0 Å². The standard InChI is InChI=1S/C14H15N4O3/c15-14(19)12-4-7-17(8-5-12)10-21-11-18-6-2-1-3-13(18)9-16-20/h1-8H,9-11H2,(H-,15,19)/q+1/p+1. The van der Waals surface area contributed by atoms with Crippen LogP contribution in [0.2, 0.25) is 0 Å². The van der Waals surface area contributed by atoms with Crippen molar-refractivity contribution in [2.75, 3.05) is 0 Å². The molecule has 21 heavy (non-hydrogen) atoms. The molecule has 108 valence electrons. The highest BCUT2D eigenvalue weighted by molar-refractivity contribution is 5.92. The number of carbonyl (C=O) groups is 1. The number of hydrogen-bond acceptors (Lipinski definition) is 4. The first-order valence-electron chi connectivity index (χ1n) is 6.34. The van der Waals surface area contributed by atoms with E-state index in [1.807, 2.05) is 24.4 Å². The van der Waals surface area contributed by atoms with Gasteiger partial charge < -0.3 is 5.73 Å². The van der Waals surface area contributed by atoms with E-state index in [0.717, 1.165) is 5.69 Å². The molecule has 0 radical (unpaired) electrons. The molecule has 0 bridgehead atoms. The van der Waals surface area contributed by atoms with Crippen LogP contribution in [0.1, 0.15) is 16.1 Å². The first kappa shape index (κ1) is 14.7. The highest BCUT2D eigenvalue weighted by Gasteiger charge is 2.11. The van der Waals surface area contributed by atoms with Gasteiger partial charge in [0.2, 0.25) is 11.6 Å². The SMILES string of the molecule is NC(=O)c1cc[n+](COC[n+]2ccccc2CN=O)cc1. The van der Waals surface area contributed by atoms with E-state index in [4.69, 9.17) is 10.5 Å². The number of pyridine rings is 2. The number of hydrogen-bond donors (Lipinski definition) is 1. The van der Waals surface area contributed by atoms with Gasteiger partial charge in [0.1, 0.15) is 0 Å². The molecule has 0 spiro atoms. The Hall–Kier alpha value is -2.67. The Morgan fingerprint density at radius 2 is 1.90 bits per heavy atom. The Labute approximate surface area is 121 Å². The fraction of sp³-hybridized carbons (Fsp3) is 0.214. The van der Waals surface area contributed by atoms with Gasteiger partial charge in [0.05, 0.1) is 5.56 Å². The van der Waals surface area contributed by atoms with Crippen molar-refractivity contribution in [3.8, 4) is 0 Å². The van der Waals surface area contributed by atoms with E-state index < -0.39 is 5.91 Å². The number of nitrogens with two attached hydrogens (primary N) is 1. The second kappa shape index (κ2) is 7.20. The largest absolute Gasteiger partial charge is 0.366 e. The number of ether oxygens (including phenoxy) is 1. The van der Waals surface area contributed by atoms with Crippen LogP contribution in [0.25, 0.3) is 0 Å². The van der Waals surface area contributed by atoms with Crippen LogP contribution in [-0.2, 0) is 24.7 Å². The molecule has 7 nitrogen and oxygen atoms in total. The quantitative estimate of drug-likeness (QED) is 0.585. The highest BCUT2D eigenvalue weighted by Crippen LogP contribution is 1.95. The van der Waals surface area contributed by atoms with Crippen LogP contribution in [0, 0.1) is 4.91 Å². The van der Waals surface area contributed by atoms with E-state index in [1.165, 1.54) is 0 Å². The summed E-state index contributed by atoms with van der Waals surface area (Å²) in [6.07, 6.45) is 5.24. The maximum Gasteiger partial charge on any atom is 0.258 e. The topological polar surface area (TPSA) is 89.5 Å². The average molecular weight is 288 g/mol. The minimum atomic E-state index is -0.464. The molecule has 0 aliphatic rings. The van der Waals surface area contributed by atoms with Crippen molar-refractivity contribution in [1.82, 2.24) is 0 Å². The Morgan fingerprint density at radius 3 is 2.57 bits per heavy atom. The molecule has 0 atom stereocenters. The van der Waals surface area contributed by atoms with Gasteiger partial charge in [-0.05, 0) is 0 Å². The zero-order chi connectivity index (χ0) is 15.1. The minimum absolute atomic E-state index is 0.102. The summed E-state index contributed by atoms with van der Waals surface area (Å²) < 4.78 is 9.14. The predicted molar refractivity (Wildman–Crippen MR) is 72.4 cm³/mol. The Bertz CT molecular complexity index is 628. The van der Waals surface area contributed by atoms with Crippen LogP contribution in [0.5, 0.6) is 0 Å². The van der Waals surface area contributed by atoms with Gasteiger partial charge in [0, 0.05) is 24.3 Å². The van der Waals surface area contributed by atoms with Gasteiger partial charge in [0.25, 0.3) is 13.5 Å². The summed E-state index contributed by atoms with van der Waals surface area (Å²) in [7, 11) is 0. The van der Waals surface area contributed by atoms with Gasteiger partial charge in [-0.2, -0.15) is 14.0 Å². The van der Waals surface area contributed by atoms with Crippen LogP contribution < -0.4 is 14.9 Å². The third kappa shape index (κ3) is 4.15. The van der Waals surface area contributed by atoms with Crippen molar-refractivity contribution >= 4 is 5.91 Å². The molecule has 2 aromatic heterocycles. The summed E-state index contributed by atoms with van der Waals surface area (Å²) in [5, 5.41) is 2.88. The monoisotopic (exact) mass is 288 g/mol. The summed E-state index contributed by atoms with van der Waals surface area (Å²) in [4.78, 5) is 21.3. The molecule has 2 aromatic rings. The lowest BCUT2D eigenvalue weighted by molar-refractivity contribution is -0.791. The number of nitroso groups, excluding NO2 is 1. The van der Waals surface area contributed by atoms with Crippen LogP contribution in [0.15, 0.2) is 54.1 Å². The van der Waals surface area contributed by atoms with E-state index in [2.05, 4.69) is 5.18 Å². The van der Waals surface area contributed by atoms with Crippen molar-refractivity contribution in [2.24, 2.45) is 10.9 Å². The van der Waals surface area contributed by atoms with Gasteiger partial charge in [-0.3, -0.25) is 9.53 Å². The van der Waals surface area contributed by atoms with E-state index in [-0.39, 0.29) is 6.54 Å². The summed E-state index contributed by atoms with van der Waals surface area (Å²) in [6.45, 7) is 0.718. The Balaban J connectivity index is 1.92. The highest BCUT2D eigenvalue weighted by atomic mass is 16.5. The van der Waals surface area contributed by atoms with E-state index in [1.54, 1.807) is 33.7 Å². The fourth-order valence-corrected chi connectivity index (χ4v) is 1.80. The van der Waals surface area contributed by atoms with Crippen LogP contribution in [-0.4, -0.2) is 5.91 Å². The average Bonchev–Trinajstić information content (AvgIpc) is 2.50. The number of carbonyl (C=O) groups excluding carboxylic acids is 1. The maximum absolute atomic E-state index is 11.0. The number of amides is 1. The zero-order valence-corrected chi connectivity index (χ0v) is 11.4. The van der Waals surface area contributed by atoms with Crippen LogP contribution >= 0.6 is 0 Å². The molecule has 0 aliphatic carbocycles. The fourth-order valence-electron chi connectivity index (χ4n) is 1.80. The van der Waals surface area contributed by atoms with Crippen molar-refractivity contribution in [2.45, 2.75) is 20.0 Å². The lowest BCUT2D eigenvalue weighted by Gasteiger charge is -2.01. The van der Waals surface area contributed by atoms with Crippen molar-refractivity contribution in [3.63, 3.8) is 0 Å². The van der Waals surface area contributed by atoms with Gasteiger partial charge in [-0.1, -0.05) is 11.2 Å². The van der Waals surface area contributed by atoms with Crippen molar-refractivity contribution in [3.05, 3.63) is 65.1 Å². The lowest BCUT2D eigenvalue weighted by atomic mass is 10.2. The third-order valence-electron chi connectivity index (χ3n) is 2.91. The van der Waals surface area contributed by atoms with Crippen LogP contribution in [0.4, 0.5) is 0 Å². The molecule has 0 fully saturated rings. The Kier molecular flexibility index (Phi) is 5.05. The van der Waals surface area contributed by atoms with Gasteiger partial charge in [0.15, 0.2) is 25.1 Å². The molecule has 2 heterocycles. The lowest BCUT2D eigenvalue weighted by Crippen LogP contribution is -2.42. The molecule has 0 saturated heterocycles. The van der Waals surface area contributed by atoms with E-state index in [9.17, 15) is 9.70 Å². The van der Waals surface area contributed by atoms with Crippen molar-refractivity contribution < 1.29 is 18.7 Å². The minimum Gasteiger partial charge on any atom is -0.366 e. The molecular formula is C14H16N4O3+2. The van der Waals surface area contributed by atoms with E-state index >= 15 is 0 Å². The first-order chi connectivity index (χ1) is 10.2. The molecule has 2 N–H and O–H groups in total. The second-order valence-electron chi connectivity index (χ2n) is 4.38. The van der Waals surface area contributed by atoms with Crippen LogP contribution in [0.3, 0.4) is 0 Å². The molecule has 1 amide bonds. The summed E-state index contributed by atoms with van der Waals surface area (Å²) in [5.41, 5.74) is 6.39. The smallest absolute Gasteiger partial charge is 0.258 e. The first-order valence-corrected chi connectivity index (χ1v) is 6.34. The molecule has 0 aliphatic heterocycles. The summed E-state index contributed by atoms with van der Waals surface area (Å²) in [6, 6.07) is 8.77. The van der Waals surface area contributed by atoms with E-state index in [0.29, 0.717) is 19.0 Å². The second-order valence-corrected chi connectivity index (χ2v) is 4.38. The molecule has 7 heteroatoms. The third-order valence-corrected chi connectivity index (χ3v) is 2.91. The molecular weight excluding hydrogens is 272 g/mol. The number of rotatable bonds is 7. The predicted octanol–water partition coefficient (Wildman–Crippen LogP) is 0.259. The summed E-state index contributed by atoms with van der Waals surface area (Å²) in [5.74, 6) is -0.464. The van der Waals surface area contributed by atoms with Gasteiger partial charge in [-0.15, -0.1) is 0 Å². The molecule has 0 saturated carbocycles. The normalized spacial score (nSPS) is 10.3. The van der Waals surface area contributed by atoms with Crippen molar-refractivity contribution in [1.29, 1.82) is 0 Å². The molecule has 2 rings (SSSR count).